The second kappa shape index (κ2) is 4.12. The third-order valence-electron chi connectivity index (χ3n) is 3.31. The first-order valence-corrected chi connectivity index (χ1v) is 5.43. The number of carbonyl (C=O) groups is 1. The molecule has 16 heavy (non-hydrogen) atoms. The molecular formula is C12H15NO3. The lowest BCUT2D eigenvalue weighted by Gasteiger charge is -2.24. The van der Waals surface area contributed by atoms with Crippen LogP contribution in [0.4, 0.5) is 0 Å². The van der Waals surface area contributed by atoms with E-state index in [4.69, 9.17) is 4.74 Å². The summed E-state index contributed by atoms with van der Waals surface area (Å²) in [6.45, 7) is 0. The van der Waals surface area contributed by atoms with Crippen LogP contribution in [-0.4, -0.2) is 23.2 Å². The summed E-state index contributed by atoms with van der Waals surface area (Å²) in [5, 5.41) is 9.44. The lowest BCUT2D eigenvalue weighted by molar-refractivity contribution is -0.143. The maximum absolute atomic E-state index is 11.5. The number of rotatable bonds is 3. The Morgan fingerprint density at radius 3 is 2.75 bits per heavy atom. The standard InChI is InChI=1S/C12H15NO3/c1-16-9-5-4-8-13-10(9)12(11(14)15)6-2-3-7-12/h4-5,8H,2-3,6-7H2,1H3,(H,14,15). The van der Waals surface area contributed by atoms with Gasteiger partial charge in [-0.05, 0) is 25.0 Å². The predicted octanol–water partition coefficient (Wildman–Crippen LogP) is 1.99. The summed E-state index contributed by atoms with van der Waals surface area (Å²) >= 11 is 0. The van der Waals surface area contributed by atoms with Crippen LogP contribution in [0.25, 0.3) is 0 Å². The minimum absolute atomic E-state index is 0.572. The molecule has 1 aliphatic carbocycles. The van der Waals surface area contributed by atoms with Gasteiger partial charge in [-0.2, -0.15) is 0 Å². The fourth-order valence-corrected chi connectivity index (χ4v) is 2.45. The van der Waals surface area contributed by atoms with E-state index in [1.54, 1.807) is 25.4 Å². The fourth-order valence-electron chi connectivity index (χ4n) is 2.45. The molecule has 1 N–H and O–H groups in total. The topological polar surface area (TPSA) is 59.4 Å². The number of carboxylic acids is 1. The molecule has 0 aromatic carbocycles. The van der Waals surface area contributed by atoms with E-state index in [9.17, 15) is 9.90 Å². The third-order valence-corrected chi connectivity index (χ3v) is 3.31. The van der Waals surface area contributed by atoms with Crippen molar-refractivity contribution in [2.24, 2.45) is 0 Å². The van der Waals surface area contributed by atoms with Crippen LogP contribution in [0.2, 0.25) is 0 Å². The van der Waals surface area contributed by atoms with Gasteiger partial charge < -0.3 is 9.84 Å². The van der Waals surface area contributed by atoms with Crippen molar-refractivity contribution in [3.05, 3.63) is 24.0 Å². The van der Waals surface area contributed by atoms with Gasteiger partial charge >= 0.3 is 5.97 Å². The van der Waals surface area contributed by atoms with E-state index in [0.717, 1.165) is 12.8 Å². The van der Waals surface area contributed by atoms with Crippen molar-refractivity contribution in [3.63, 3.8) is 0 Å². The van der Waals surface area contributed by atoms with Crippen molar-refractivity contribution < 1.29 is 14.6 Å². The number of ether oxygens (including phenoxy) is 1. The van der Waals surface area contributed by atoms with Gasteiger partial charge in [0.05, 0.1) is 12.8 Å². The average Bonchev–Trinajstić information content (AvgIpc) is 2.79. The van der Waals surface area contributed by atoms with Gasteiger partial charge in [-0.1, -0.05) is 12.8 Å². The highest BCUT2D eigenvalue weighted by molar-refractivity contribution is 5.82. The number of aliphatic carboxylic acids is 1. The molecule has 1 saturated carbocycles. The van der Waals surface area contributed by atoms with Gasteiger partial charge in [0, 0.05) is 6.20 Å². The van der Waals surface area contributed by atoms with Crippen LogP contribution >= 0.6 is 0 Å². The highest BCUT2D eigenvalue weighted by atomic mass is 16.5. The Balaban J connectivity index is 2.51. The first-order valence-electron chi connectivity index (χ1n) is 5.43. The van der Waals surface area contributed by atoms with Gasteiger partial charge in [0.15, 0.2) is 0 Å². The van der Waals surface area contributed by atoms with Gasteiger partial charge in [0.2, 0.25) is 0 Å². The second-order valence-corrected chi connectivity index (χ2v) is 4.15. The fraction of sp³-hybridized carbons (Fsp3) is 0.500. The van der Waals surface area contributed by atoms with E-state index in [0.29, 0.717) is 24.3 Å². The molecule has 4 heteroatoms. The summed E-state index contributed by atoms with van der Waals surface area (Å²) in [4.78, 5) is 15.7. The maximum Gasteiger partial charge on any atom is 0.315 e. The number of hydrogen-bond donors (Lipinski definition) is 1. The summed E-state index contributed by atoms with van der Waals surface area (Å²) in [6, 6.07) is 3.53. The lowest BCUT2D eigenvalue weighted by Crippen LogP contribution is -2.34. The van der Waals surface area contributed by atoms with Crippen LogP contribution in [0.1, 0.15) is 31.4 Å². The molecule has 0 saturated heterocycles. The molecule has 1 fully saturated rings. The van der Waals surface area contributed by atoms with Crippen molar-refractivity contribution in [1.29, 1.82) is 0 Å². The minimum atomic E-state index is -0.841. The van der Waals surface area contributed by atoms with Crippen molar-refractivity contribution in [2.45, 2.75) is 31.1 Å². The summed E-state index contributed by atoms with van der Waals surface area (Å²) in [5.74, 6) is -0.214. The monoisotopic (exact) mass is 221 g/mol. The number of aromatic nitrogens is 1. The molecule has 0 atom stereocenters. The minimum Gasteiger partial charge on any atom is -0.495 e. The highest BCUT2D eigenvalue weighted by Gasteiger charge is 2.46. The van der Waals surface area contributed by atoms with Crippen LogP contribution in [0.3, 0.4) is 0 Å². The molecule has 0 aliphatic heterocycles. The maximum atomic E-state index is 11.5. The SMILES string of the molecule is COc1cccnc1C1(C(=O)O)CCCC1. The smallest absolute Gasteiger partial charge is 0.315 e. The van der Waals surface area contributed by atoms with E-state index < -0.39 is 11.4 Å². The largest absolute Gasteiger partial charge is 0.495 e. The van der Waals surface area contributed by atoms with Gasteiger partial charge in [-0.25, -0.2) is 0 Å². The Hall–Kier alpha value is -1.58. The van der Waals surface area contributed by atoms with Crippen LogP contribution in [0.15, 0.2) is 18.3 Å². The van der Waals surface area contributed by atoms with E-state index in [1.165, 1.54) is 0 Å². The normalized spacial score (nSPS) is 18.3. The van der Waals surface area contributed by atoms with Gasteiger partial charge in [0.25, 0.3) is 0 Å². The number of carboxylic acid groups (broad SMARTS) is 1. The Kier molecular flexibility index (Phi) is 2.81. The molecule has 0 spiro atoms. The highest BCUT2D eigenvalue weighted by Crippen LogP contribution is 2.43. The molecular weight excluding hydrogens is 206 g/mol. The molecule has 4 nitrogen and oxygen atoms in total. The first kappa shape index (κ1) is 10.9. The molecule has 86 valence electrons. The summed E-state index contributed by atoms with van der Waals surface area (Å²) in [6.07, 6.45) is 4.80. The third kappa shape index (κ3) is 1.54. The summed E-state index contributed by atoms with van der Waals surface area (Å²) < 4.78 is 5.21. The summed E-state index contributed by atoms with van der Waals surface area (Å²) in [7, 11) is 1.55. The van der Waals surface area contributed by atoms with Crippen LogP contribution in [0, 0.1) is 0 Å². The Morgan fingerprint density at radius 2 is 2.19 bits per heavy atom. The molecule has 0 amide bonds. The zero-order valence-corrected chi connectivity index (χ0v) is 9.27. The average molecular weight is 221 g/mol. The molecule has 0 bridgehead atoms. The van der Waals surface area contributed by atoms with Crippen LogP contribution in [-0.2, 0) is 10.2 Å². The van der Waals surface area contributed by atoms with Crippen molar-refractivity contribution in [3.8, 4) is 5.75 Å². The van der Waals surface area contributed by atoms with Gasteiger partial charge in [-0.15, -0.1) is 0 Å². The predicted molar refractivity (Wildman–Crippen MR) is 58.6 cm³/mol. The molecule has 0 unspecified atom stereocenters. The van der Waals surface area contributed by atoms with Crippen LogP contribution in [0.5, 0.6) is 5.75 Å². The van der Waals surface area contributed by atoms with Crippen molar-refractivity contribution in [2.75, 3.05) is 7.11 Å². The second-order valence-electron chi connectivity index (χ2n) is 4.15. The summed E-state index contributed by atoms with van der Waals surface area (Å²) in [5.41, 5.74) is -0.269. The lowest BCUT2D eigenvalue weighted by atomic mass is 9.82. The molecule has 2 rings (SSSR count). The molecule has 0 radical (unpaired) electrons. The van der Waals surface area contributed by atoms with Crippen molar-refractivity contribution in [1.82, 2.24) is 4.98 Å². The van der Waals surface area contributed by atoms with Gasteiger partial charge in [-0.3, -0.25) is 9.78 Å². The van der Waals surface area contributed by atoms with Crippen LogP contribution < -0.4 is 4.74 Å². The van der Waals surface area contributed by atoms with E-state index in [-0.39, 0.29) is 0 Å². The van der Waals surface area contributed by atoms with Crippen molar-refractivity contribution >= 4 is 5.97 Å². The Bertz CT molecular complexity index is 397. The zero-order valence-electron chi connectivity index (χ0n) is 9.27. The zero-order chi connectivity index (χ0) is 11.6. The first-order chi connectivity index (χ1) is 7.70. The van der Waals surface area contributed by atoms with Gasteiger partial charge in [0.1, 0.15) is 11.2 Å². The number of nitrogens with zero attached hydrogens (tertiary/aromatic N) is 1. The van der Waals surface area contributed by atoms with E-state index in [2.05, 4.69) is 4.98 Å². The Labute approximate surface area is 94.3 Å². The molecule has 1 heterocycles. The van der Waals surface area contributed by atoms with E-state index in [1.807, 2.05) is 0 Å². The molecule has 1 aromatic rings. The number of hydrogen-bond acceptors (Lipinski definition) is 3. The Morgan fingerprint density at radius 1 is 1.50 bits per heavy atom. The van der Waals surface area contributed by atoms with E-state index >= 15 is 0 Å². The quantitative estimate of drug-likeness (QED) is 0.847. The number of pyridine rings is 1. The molecule has 1 aliphatic rings. The molecule has 1 aromatic heterocycles. The number of methoxy groups -OCH3 is 1.